The summed E-state index contributed by atoms with van der Waals surface area (Å²) in [5.41, 5.74) is 6.49. The molecule has 0 saturated heterocycles. The maximum absolute atomic E-state index is 11.8. The summed E-state index contributed by atoms with van der Waals surface area (Å²) in [5, 5.41) is 4.70. The number of fused-ring (bicyclic) bond motifs is 1. The van der Waals surface area contributed by atoms with E-state index in [0.29, 0.717) is 0 Å². The highest BCUT2D eigenvalue weighted by Gasteiger charge is 2.06. The predicted molar refractivity (Wildman–Crippen MR) is 93.7 cm³/mol. The molecule has 3 aromatic rings. The van der Waals surface area contributed by atoms with Crippen molar-refractivity contribution in [1.29, 1.82) is 0 Å². The molecule has 0 aliphatic carbocycles. The molecular weight excluding hydrogens is 308 g/mol. The van der Waals surface area contributed by atoms with Crippen LogP contribution in [0, 0.1) is 6.92 Å². The number of H-pyrrole nitrogens is 1. The van der Waals surface area contributed by atoms with Gasteiger partial charge >= 0.3 is 0 Å². The number of amides is 1. The second-order valence-electron chi connectivity index (χ2n) is 5.06. The zero-order valence-corrected chi connectivity index (χ0v) is 13.4. The molecular formula is C17H16N4OS. The number of nitrogens with one attached hydrogen (secondary N) is 2. The van der Waals surface area contributed by atoms with Gasteiger partial charge in [0.15, 0.2) is 5.16 Å². The first kappa shape index (κ1) is 15.3. The summed E-state index contributed by atoms with van der Waals surface area (Å²) in [6, 6.07) is 15.7. The van der Waals surface area contributed by atoms with Gasteiger partial charge in [0.25, 0.3) is 5.91 Å². The van der Waals surface area contributed by atoms with E-state index in [-0.39, 0.29) is 11.7 Å². The Morgan fingerprint density at radius 3 is 3.00 bits per heavy atom. The minimum atomic E-state index is -0.167. The predicted octanol–water partition coefficient (Wildman–Crippen LogP) is 3.11. The van der Waals surface area contributed by atoms with E-state index in [9.17, 15) is 4.79 Å². The van der Waals surface area contributed by atoms with E-state index in [2.05, 4.69) is 20.5 Å². The van der Waals surface area contributed by atoms with E-state index in [0.717, 1.165) is 27.3 Å². The van der Waals surface area contributed by atoms with Crippen molar-refractivity contribution in [3.63, 3.8) is 0 Å². The smallest absolute Gasteiger partial charge is 0.250 e. The number of benzene rings is 2. The van der Waals surface area contributed by atoms with Crippen molar-refractivity contribution in [3.05, 3.63) is 59.7 Å². The van der Waals surface area contributed by atoms with Crippen molar-refractivity contribution in [1.82, 2.24) is 15.4 Å². The van der Waals surface area contributed by atoms with Gasteiger partial charge in [-0.1, -0.05) is 53.7 Å². The molecule has 0 radical (unpaired) electrons. The van der Waals surface area contributed by atoms with Crippen LogP contribution >= 0.6 is 11.8 Å². The van der Waals surface area contributed by atoms with Gasteiger partial charge in [0.05, 0.1) is 23.0 Å². The number of carbonyl (C=O) groups excluding carboxylic acids is 1. The number of hydrogen-bond donors (Lipinski definition) is 2. The summed E-state index contributed by atoms with van der Waals surface area (Å²) in [6.45, 7) is 2.01. The minimum Gasteiger partial charge on any atom is -0.333 e. The summed E-state index contributed by atoms with van der Waals surface area (Å²) in [7, 11) is 0. The van der Waals surface area contributed by atoms with Crippen molar-refractivity contribution >= 4 is 34.9 Å². The summed E-state index contributed by atoms with van der Waals surface area (Å²) >= 11 is 1.35. The third-order valence-electron chi connectivity index (χ3n) is 3.15. The largest absolute Gasteiger partial charge is 0.333 e. The zero-order valence-electron chi connectivity index (χ0n) is 12.6. The Labute approximate surface area is 138 Å². The Morgan fingerprint density at radius 1 is 1.30 bits per heavy atom. The van der Waals surface area contributed by atoms with Crippen molar-refractivity contribution in [3.8, 4) is 0 Å². The van der Waals surface area contributed by atoms with Crippen LogP contribution in [-0.4, -0.2) is 27.8 Å². The fraction of sp³-hybridized carbons (Fsp3) is 0.118. The van der Waals surface area contributed by atoms with Gasteiger partial charge in [-0.2, -0.15) is 5.10 Å². The molecule has 5 nitrogen and oxygen atoms in total. The lowest BCUT2D eigenvalue weighted by Crippen LogP contribution is -2.19. The van der Waals surface area contributed by atoms with Gasteiger partial charge in [0, 0.05) is 0 Å². The molecule has 23 heavy (non-hydrogen) atoms. The van der Waals surface area contributed by atoms with Gasteiger partial charge in [-0.05, 0) is 24.6 Å². The third-order valence-corrected chi connectivity index (χ3v) is 4.03. The summed E-state index contributed by atoms with van der Waals surface area (Å²) < 4.78 is 0. The molecule has 0 saturated carbocycles. The molecule has 1 aromatic heterocycles. The number of hydrazone groups is 1. The molecule has 0 aliphatic rings. The molecule has 1 heterocycles. The van der Waals surface area contributed by atoms with E-state index in [1.54, 1.807) is 6.21 Å². The molecule has 0 aliphatic heterocycles. The van der Waals surface area contributed by atoms with E-state index in [1.165, 1.54) is 11.8 Å². The van der Waals surface area contributed by atoms with Crippen LogP contribution in [0.1, 0.15) is 11.1 Å². The van der Waals surface area contributed by atoms with Gasteiger partial charge < -0.3 is 4.98 Å². The second kappa shape index (κ2) is 7.11. The number of rotatable bonds is 5. The van der Waals surface area contributed by atoms with E-state index in [1.807, 2.05) is 55.5 Å². The Bertz CT molecular complexity index is 823. The first-order valence-electron chi connectivity index (χ1n) is 7.17. The average Bonchev–Trinajstić information content (AvgIpc) is 2.96. The van der Waals surface area contributed by atoms with Gasteiger partial charge in [-0.15, -0.1) is 0 Å². The van der Waals surface area contributed by atoms with Gasteiger partial charge in [-0.25, -0.2) is 10.4 Å². The van der Waals surface area contributed by atoms with E-state index in [4.69, 9.17) is 0 Å². The molecule has 116 valence electrons. The molecule has 6 heteroatoms. The first-order chi connectivity index (χ1) is 11.2. The molecule has 0 spiro atoms. The normalized spacial score (nSPS) is 11.2. The van der Waals surface area contributed by atoms with Crippen molar-refractivity contribution < 1.29 is 4.79 Å². The van der Waals surface area contributed by atoms with Crippen molar-refractivity contribution in [2.45, 2.75) is 12.1 Å². The molecule has 2 N–H and O–H groups in total. The Balaban J connectivity index is 1.51. The summed E-state index contributed by atoms with van der Waals surface area (Å²) in [5.74, 6) is 0.0877. The monoisotopic (exact) mass is 324 g/mol. The molecule has 0 unspecified atom stereocenters. The van der Waals surface area contributed by atoms with Crippen LogP contribution in [0.3, 0.4) is 0 Å². The quantitative estimate of drug-likeness (QED) is 0.430. The number of hydrogen-bond acceptors (Lipinski definition) is 4. The average molecular weight is 324 g/mol. The maximum Gasteiger partial charge on any atom is 0.250 e. The minimum absolute atomic E-state index is 0.167. The number of thioether (sulfide) groups is 1. The van der Waals surface area contributed by atoms with Gasteiger partial charge in [0.1, 0.15) is 0 Å². The van der Waals surface area contributed by atoms with E-state index < -0.39 is 0 Å². The lowest BCUT2D eigenvalue weighted by Gasteiger charge is -1.98. The standard InChI is InChI=1S/C17H16N4OS/c1-12-5-4-6-13(9-12)10-18-21-16(22)11-23-17-19-14-7-2-3-8-15(14)20-17/h2-10H,11H2,1H3,(H,19,20)(H,21,22)/b18-10+. The van der Waals surface area contributed by atoms with Crippen LogP contribution in [0.15, 0.2) is 58.8 Å². The van der Waals surface area contributed by atoms with Gasteiger partial charge in [0.2, 0.25) is 0 Å². The summed E-state index contributed by atoms with van der Waals surface area (Å²) in [6.07, 6.45) is 1.64. The maximum atomic E-state index is 11.8. The summed E-state index contributed by atoms with van der Waals surface area (Å²) in [4.78, 5) is 19.4. The first-order valence-corrected chi connectivity index (χ1v) is 8.15. The molecule has 0 atom stereocenters. The van der Waals surface area contributed by atoms with Crippen LogP contribution in [0.2, 0.25) is 0 Å². The fourth-order valence-corrected chi connectivity index (χ4v) is 2.77. The second-order valence-corrected chi connectivity index (χ2v) is 6.02. The molecule has 0 bridgehead atoms. The SMILES string of the molecule is Cc1cccc(/C=N/NC(=O)CSc2nc3ccccc3[nH]2)c1. The Hall–Kier alpha value is -2.60. The highest BCUT2D eigenvalue weighted by atomic mass is 32.2. The molecule has 3 rings (SSSR count). The van der Waals surface area contributed by atoms with Crippen LogP contribution < -0.4 is 5.43 Å². The zero-order chi connectivity index (χ0) is 16.1. The number of carbonyl (C=O) groups is 1. The number of aromatic nitrogens is 2. The highest BCUT2D eigenvalue weighted by molar-refractivity contribution is 7.99. The highest BCUT2D eigenvalue weighted by Crippen LogP contribution is 2.18. The van der Waals surface area contributed by atoms with E-state index >= 15 is 0 Å². The van der Waals surface area contributed by atoms with Crippen molar-refractivity contribution in [2.75, 3.05) is 5.75 Å². The molecule has 2 aromatic carbocycles. The third kappa shape index (κ3) is 4.20. The number of aromatic amines is 1. The molecule has 1 amide bonds. The lowest BCUT2D eigenvalue weighted by molar-refractivity contribution is -0.118. The number of aryl methyl sites for hydroxylation is 1. The fourth-order valence-electron chi connectivity index (χ4n) is 2.09. The Morgan fingerprint density at radius 2 is 2.17 bits per heavy atom. The molecule has 0 fully saturated rings. The lowest BCUT2D eigenvalue weighted by atomic mass is 10.2. The van der Waals surface area contributed by atoms with Crippen LogP contribution in [0.25, 0.3) is 11.0 Å². The van der Waals surface area contributed by atoms with Gasteiger partial charge in [-0.3, -0.25) is 4.79 Å². The van der Waals surface area contributed by atoms with Crippen LogP contribution in [0.5, 0.6) is 0 Å². The topological polar surface area (TPSA) is 70.1 Å². The Kier molecular flexibility index (Phi) is 4.73. The van der Waals surface area contributed by atoms with Crippen LogP contribution in [-0.2, 0) is 4.79 Å². The van der Waals surface area contributed by atoms with Crippen LogP contribution in [0.4, 0.5) is 0 Å². The number of imidazole rings is 1. The number of para-hydroxylation sites is 2. The van der Waals surface area contributed by atoms with Crippen molar-refractivity contribution in [2.24, 2.45) is 5.10 Å². The number of nitrogens with zero attached hydrogens (tertiary/aromatic N) is 2.